The number of carboxylic acid groups (broad SMARTS) is 1. The first-order valence-corrected chi connectivity index (χ1v) is 9.84. The number of hydrogen-bond acceptors (Lipinski definition) is 5. The van der Waals surface area contributed by atoms with Gasteiger partial charge in [-0.2, -0.15) is 0 Å². The van der Waals surface area contributed by atoms with Crippen molar-refractivity contribution in [1.82, 2.24) is 4.98 Å². The summed E-state index contributed by atoms with van der Waals surface area (Å²) in [6.07, 6.45) is 2.82. The van der Waals surface area contributed by atoms with E-state index in [1.807, 2.05) is 19.1 Å². The third kappa shape index (κ3) is 4.71. The largest absolute Gasteiger partial charge is 0.489 e. The number of carbonyl (C=O) groups is 1. The molecule has 0 radical (unpaired) electrons. The molecule has 2 aromatic heterocycles. The standard InChI is InChI=1S/C18H19ClN4O3S/c1-10-15(26-13-4-2-3-11(7-13)18(24)25)6-5-14(22-10)17-12(9-21-23-20)8-16(19)27-17/h5-6,8,11,13H,2-4,7,9H2,1H3,(H,24,25)/t11-,13-/m0/s1. The van der Waals surface area contributed by atoms with Crippen molar-refractivity contribution in [2.45, 2.75) is 45.3 Å². The molecule has 3 rings (SSSR count). The predicted octanol–water partition coefficient (Wildman–Crippen LogP) is 5.60. The summed E-state index contributed by atoms with van der Waals surface area (Å²) < 4.78 is 6.65. The molecule has 1 aliphatic rings. The number of hydrogen-bond donors (Lipinski definition) is 1. The van der Waals surface area contributed by atoms with Gasteiger partial charge in [0.15, 0.2) is 0 Å². The van der Waals surface area contributed by atoms with Gasteiger partial charge in [0.25, 0.3) is 0 Å². The third-order valence-corrected chi connectivity index (χ3v) is 5.95. The normalized spacial score (nSPS) is 19.3. The van der Waals surface area contributed by atoms with Crippen molar-refractivity contribution >= 4 is 28.9 Å². The average Bonchev–Trinajstić information content (AvgIpc) is 3.02. The number of pyridine rings is 1. The summed E-state index contributed by atoms with van der Waals surface area (Å²) in [4.78, 5) is 19.5. The van der Waals surface area contributed by atoms with Gasteiger partial charge < -0.3 is 9.84 Å². The molecule has 2 aromatic rings. The Kier molecular flexibility index (Phi) is 6.21. The monoisotopic (exact) mass is 406 g/mol. The summed E-state index contributed by atoms with van der Waals surface area (Å²) >= 11 is 7.50. The van der Waals surface area contributed by atoms with Crippen LogP contribution in [0.25, 0.3) is 21.0 Å². The molecule has 0 amide bonds. The smallest absolute Gasteiger partial charge is 0.306 e. The highest BCUT2D eigenvalue weighted by Gasteiger charge is 2.28. The van der Waals surface area contributed by atoms with Crippen LogP contribution in [0.3, 0.4) is 0 Å². The average molecular weight is 407 g/mol. The first kappa shape index (κ1) is 19.5. The topological polar surface area (TPSA) is 108 Å². The number of thiophene rings is 1. The highest BCUT2D eigenvalue weighted by molar-refractivity contribution is 7.19. The zero-order valence-corrected chi connectivity index (χ0v) is 16.3. The fraction of sp³-hybridized carbons (Fsp3) is 0.444. The van der Waals surface area contributed by atoms with Gasteiger partial charge in [-0.15, -0.1) is 11.3 Å². The Labute approximate surface area is 165 Å². The summed E-state index contributed by atoms with van der Waals surface area (Å²) in [6.45, 7) is 2.07. The molecule has 1 saturated carbocycles. The van der Waals surface area contributed by atoms with E-state index in [4.69, 9.17) is 21.9 Å². The van der Waals surface area contributed by atoms with Crippen LogP contribution in [0.15, 0.2) is 23.3 Å². The van der Waals surface area contributed by atoms with Crippen molar-refractivity contribution in [2.24, 2.45) is 11.0 Å². The summed E-state index contributed by atoms with van der Waals surface area (Å²) in [7, 11) is 0. The maximum absolute atomic E-state index is 11.2. The van der Waals surface area contributed by atoms with Crippen LogP contribution < -0.4 is 4.74 Å². The summed E-state index contributed by atoms with van der Waals surface area (Å²) in [5.41, 5.74) is 10.8. The first-order chi connectivity index (χ1) is 13.0. The van der Waals surface area contributed by atoms with Gasteiger partial charge in [0.05, 0.1) is 39.2 Å². The number of aliphatic carboxylic acids is 1. The summed E-state index contributed by atoms with van der Waals surface area (Å²) in [5.74, 6) is -0.433. The van der Waals surface area contributed by atoms with Crippen molar-refractivity contribution in [1.29, 1.82) is 0 Å². The van der Waals surface area contributed by atoms with Crippen molar-refractivity contribution < 1.29 is 14.6 Å². The van der Waals surface area contributed by atoms with E-state index in [2.05, 4.69) is 15.0 Å². The molecule has 0 saturated heterocycles. The van der Waals surface area contributed by atoms with E-state index in [1.165, 1.54) is 11.3 Å². The summed E-state index contributed by atoms with van der Waals surface area (Å²) in [6, 6.07) is 5.49. The van der Waals surface area contributed by atoms with Crippen LogP contribution in [0.5, 0.6) is 5.75 Å². The van der Waals surface area contributed by atoms with Crippen molar-refractivity contribution in [3.05, 3.63) is 44.2 Å². The van der Waals surface area contributed by atoms with Gasteiger partial charge in [-0.05, 0) is 61.9 Å². The van der Waals surface area contributed by atoms with Gasteiger partial charge in [0.1, 0.15) is 5.75 Å². The second kappa shape index (κ2) is 8.61. The van der Waals surface area contributed by atoms with Gasteiger partial charge in [-0.1, -0.05) is 16.7 Å². The van der Waals surface area contributed by atoms with Gasteiger partial charge in [-0.25, -0.2) is 4.98 Å². The van der Waals surface area contributed by atoms with Crippen LogP contribution >= 0.6 is 22.9 Å². The Morgan fingerprint density at radius 3 is 3.04 bits per heavy atom. The van der Waals surface area contributed by atoms with Gasteiger partial charge in [0.2, 0.25) is 0 Å². The lowest BCUT2D eigenvalue weighted by Gasteiger charge is -2.27. The molecule has 2 atom stereocenters. The van der Waals surface area contributed by atoms with Crippen LogP contribution in [0.1, 0.15) is 36.9 Å². The molecule has 0 aliphatic heterocycles. The van der Waals surface area contributed by atoms with E-state index in [1.54, 1.807) is 6.07 Å². The second-order valence-electron chi connectivity index (χ2n) is 6.52. The van der Waals surface area contributed by atoms with E-state index >= 15 is 0 Å². The Morgan fingerprint density at radius 1 is 1.52 bits per heavy atom. The van der Waals surface area contributed by atoms with E-state index in [-0.39, 0.29) is 18.6 Å². The predicted molar refractivity (Wildman–Crippen MR) is 104 cm³/mol. The Bertz CT molecular complexity index is 895. The quantitative estimate of drug-likeness (QED) is 0.382. The molecule has 2 heterocycles. The van der Waals surface area contributed by atoms with Gasteiger partial charge >= 0.3 is 5.97 Å². The molecule has 0 unspecified atom stereocenters. The lowest BCUT2D eigenvalue weighted by molar-refractivity contribution is -0.143. The molecule has 1 fully saturated rings. The molecule has 1 aliphatic carbocycles. The molecule has 0 bridgehead atoms. The van der Waals surface area contributed by atoms with Gasteiger partial charge in [0, 0.05) is 4.91 Å². The summed E-state index contributed by atoms with van der Waals surface area (Å²) in [5, 5.41) is 12.8. The van der Waals surface area contributed by atoms with E-state index < -0.39 is 5.97 Å². The number of azide groups is 1. The molecule has 9 heteroatoms. The number of rotatable bonds is 6. The number of carboxylic acids is 1. The number of ether oxygens (including phenoxy) is 1. The molecule has 0 spiro atoms. The lowest BCUT2D eigenvalue weighted by atomic mass is 9.87. The number of aryl methyl sites for hydroxylation is 1. The maximum Gasteiger partial charge on any atom is 0.306 e. The Hall–Kier alpha value is -2.28. The zero-order chi connectivity index (χ0) is 19.4. The molecule has 0 aromatic carbocycles. The molecular formula is C18H19ClN4O3S. The fourth-order valence-corrected chi connectivity index (χ4v) is 4.52. The van der Waals surface area contributed by atoms with Crippen molar-refractivity contribution in [3.63, 3.8) is 0 Å². The molecule has 7 nitrogen and oxygen atoms in total. The van der Waals surface area contributed by atoms with E-state index in [0.717, 1.165) is 34.7 Å². The third-order valence-electron chi connectivity index (χ3n) is 4.62. The molecule has 1 N–H and O–H groups in total. The van der Waals surface area contributed by atoms with Crippen molar-refractivity contribution in [2.75, 3.05) is 0 Å². The highest BCUT2D eigenvalue weighted by atomic mass is 35.5. The number of aromatic nitrogens is 1. The van der Waals surface area contributed by atoms with Crippen LogP contribution in [-0.2, 0) is 11.3 Å². The maximum atomic E-state index is 11.2. The minimum Gasteiger partial charge on any atom is -0.489 e. The second-order valence-corrected chi connectivity index (χ2v) is 8.20. The van der Waals surface area contributed by atoms with Crippen LogP contribution in [-0.4, -0.2) is 22.2 Å². The molecule has 142 valence electrons. The highest BCUT2D eigenvalue weighted by Crippen LogP contribution is 2.37. The Morgan fingerprint density at radius 2 is 2.33 bits per heavy atom. The SMILES string of the molecule is Cc1nc(-c2sc(Cl)cc2CN=[N+]=[N-])ccc1O[C@H]1CCC[C@H](C(=O)O)C1. The lowest BCUT2D eigenvalue weighted by Crippen LogP contribution is -2.29. The first-order valence-electron chi connectivity index (χ1n) is 8.64. The number of halogens is 1. The fourth-order valence-electron chi connectivity index (χ4n) is 3.29. The van der Waals surface area contributed by atoms with E-state index in [9.17, 15) is 9.90 Å². The van der Waals surface area contributed by atoms with Crippen LogP contribution in [0.4, 0.5) is 0 Å². The van der Waals surface area contributed by atoms with Gasteiger partial charge in [-0.3, -0.25) is 4.79 Å². The minimum absolute atomic E-state index is 0.108. The van der Waals surface area contributed by atoms with Crippen molar-refractivity contribution in [3.8, 4) is 16.3 Å². The van der Waals surface area contributed by atoms with Crippen LogP contribution in [0.2, 0.25) is 4.34 Å². The molecule has 27 heavy (non-hydrogen) atoms. The number of nitrogens with zero attached hydrogens (tertiary/aromatic N) is 4. The minimum atomic E-state index is -0.754. The van der Waals surface area contributed by atoms with E-state index in [0.29, 0.717) is 22.9 Å². The Balaban J connectivity index is 1.78. The molecular weight excluding hydrogens is 388 g/mol. The zero-order valence-electron chi connectivity index (χ0n) is 14.8. The van der Waals surface area contributed by atoms with Crippen LogP contribution in [0, 0.1) is 12.8 Å².